The first-order valence-electron chi connectivity index (χ1n) is 25.2. The van der Waals surface area contributed by atoms with Gasteiger partial charge in [0.1, 0.15) is 13.2 Å². The van der Waals surface area contributed by atoms with Crippen molar-refractivity contribution in [2.45, 2.75) is 226 Å². The third-order valence-electron chi connectivity index (χ3n) is 10.3. The van der Waals surface area contributed by atoms with E-state index in [0.717, 1.165) is 103 Å². The molecule has 0 radical (unpaired) electrons. The first-order valence-corrected chi connectivity index (χ1v) is 25.2. The minimum Gasteiger partial charge on any atom is -0.462 e. The third-order valence-corrected chi connectivity index (χ3v) is 10.3. The van der Waals surface area contributed by atoms with Crippen LogP contribution in [0.3, 0.4) is 0 Å². The van der Waals surface area contributed by atoms with Gasteiger partial charge < -0.3 is 14.2 Å². The van der Waals surface area contributed by atoms with Crippen LogP contribution in [0.15, 0.2) is 97.2 Å². The summed E-state index contributed by atoms with van der Waals surface area (Å²) in [6.07, 6.45) is 65.3. The van der Waals surface area contributed by atoms with Gasteiger partial charge in [0.15, 0.2) is 6.10 Å². The molecule has 0 heterocycles. The van der Waals surface area contributed by atoms with E-state index in [1.807, 2.05) is 0 Å². The molecule has 0 aromatic rings. The number of hydrogen-bond donors (Lipinski definition) is 0. The Kier molecular flexibility index (Phi) is 47.0. The fourth-order valence-electron chi connectivity index (χ4n) is 6.53. The van der Waals surface area contributed by atoms with Crippen LogP contribution < -0.4 is 0 Å². The summed E-state index contributed by atoms with van der Waals surface area (Å²) in [5.74, 6) is -0.985. The van der Waals surface area contributed by atoms with Crippen molar-refractivity contribution >= 4 is 17.9 Å². The van der Waals surface area contributed by atoms with Crippen molar-refractivity contribution in [3.05, 3.63) is 97.2 Å². The van der Waals surface area contributed by atoms with Gasteiger partial charge in [0.2, 0.25) is 0 Å². The summed E-state index contributed by atoms with van der Waals surface area (Å²) in [5, 5.41) is 0. The molecule has 0 unspecified atom stereocenters. The molecular formula is C56H92O6. The molecule has 0 aliphatic heterocycles. The second kappa shape index (κ2) is 50.0. The fourth-order valence-corrected chi connectivity index (χ4v) is 6.53. The molecule has 6 heteroatoms. The predicted molar refractivity (Wildman–Crippen MR) is 265 cm³/mol. The van der Waals surface area contributed by atoms with Crippen molar-refractivity contribution < 1.29 is 28.6 Å². The summed E-state index contributed by atoms with van der Waals surface area (Å²) >= 11 is 0. The van der Waals surface area contributed by atoms with E-state index in [1.54, 1.807) is 0 Å². The first kappa shape index (κ1) is 58.3. The molecular weight excluding hydrogens is 769 g/mol. The maximum atomic E-state index is 12.8. The zero-order chi connectivity index (χ0) is 45.1. The normalized spacial score (nSPS) is 12.9. The van der Waals surface area contributed by atoms with Gasteiger partial charge in [-0.2, -0.15) is 0 Å². The van der Waals surface area contributed by atoms with Crippen LogP contribution >= 0.6 is 0 Å². The van der Waals surface area contributed by atoms with Crippen LogP contribution in [0.2, 0.25) is 0 Å². The minimum atomic E-state index is -0.810. The summed E-state index contributed by atoms with van der Waals surface area (Å²) in [6.45, 7) is 6.40. The molecule has 0 spiro atoms. The number of carbonyl (C=O) groups is 3. The lowest BCUT2D eigenvalue weighted by molar-refractivity contribution is -0.167. The van der Waals surface area contributed by atoms with Crippen LogP contribution in [-0.4, -0.2) is 37.2 Å². The molecule has 352 valence electrons. The topological polar surface area (TPSA) is 78.9 Å². The number of hydrogen-bond acceptors (Lipinski definition) is 6. The van der Waals surface area contributed by atoms with E-state index in [-0.39, 0.29) is 37.5 Å². The van der Waals surface area contributed by atoms with Gasteiger partial charge in [-0.25, -0.2) is 0 Å². The van der Waals surface area contributed by atoms with E-state index in [9.17, 15) is 14.4 Å². The van der Waals surface area contributed by atoms with Crippen molar-refractivity contribution in [1.29, 1.82) is 0 Å². The van der Waals surface area contributed by atoms with Gasteiger partial charge >= 0.3 is 17.9 Å². The Labute approximate surface area is 381 Å². The largest absolute Gasteiger partial charge is 0.462 e. The fraction of sp³-hybridized carbons (Fsp3) is 0.661. The van der Waals surface area contributed by atoms with E-state index >= 15 is 0 Å². The Balaban J connectivity index is 4.49. The van der Waals surface area contributed by atoms with Gasteiger partial charge in [0.05, 0.1) is 0 Å². The summed E-state index contributed by atoms with van der Waals surface area (Å²) in [5.41, 5.74) is 0. The Bertz CT molecular complexity index is 1260. The van der Waals surface area contributed by atoms with Gasteiger partial charge in [-0.1, -0.05) is 195 Å². The van der Waals surface area contributed by atoms with Crippen LogP contribution in [-0.2, 0) is 28.6 Å². The minimum absolute atomic E-state index is 0.105. The zero-order valence-electron chi connectivity index (χ0n) is 40.1. The second-order valence-electron chi connectivity index (χ2n) is 16.3. The number of unbranched alkanes of at least 4 members (excludes halogenated alkanes) is 17. The van der Waals surface area contributed by atoms with Gasteiger partial charge in [-0.15, -0.1) is 0 Å². The molecule has 0 saturated carbocycles. The highest BCUT2D eigenvalue weighted by atomic mass is 16.6. The number of esters is 3. The highest BCUT2D eigenvalue weighted by Crippen LogP contribution is 2.13. The number of rotatable bonds is 44. The van der Waals surface area contributed by atoms with E-state index in [4.69, 9.17) is 14.2 Å². The number of ether oxygens (including phenoxy) is 3. The quantitative estimate of drug-likeness (QED) is 0.0263. The monoisotopic (exact) mass is 861 g/mol. The molecule has 0 aromatic carbocycles. The molecule has 0 bridgehead atoms. The SMILES string of the molecule is CC/C=C\C/C=C\C/C=C\C/C=C\CCCCC(=O)O[C@@H](COC(=O)CCCCC/C=C\C/C=C\C/C=C\C/C=C\CCCCC)COC(=O)CCCCCCCCCCCC. The van der Waals surface area contributed by atoms with Crippen LogP contribution in [0.25, 0.3) is 0 Å². The maximum absolute atomic E-state index is 12.8. The van der Waals surface area contributed by atoms with E-state index in [2.05, 4.69) is 118 Å². The molecule has 0 aromatic heterocycles. The summed E-state index contributed by atoms with van der Waals surface area (Å²) in [7, 11) is 0. The first-order chi connectivity index (χ1) is 30.5. The predicted octanol–water partition coefficient (Wildman–Crippen LogP) is 16.6. The van der Waals surface area contributed by atoms with E-state index in [1.165, 1.54) is 70.6 Å². The standard InChI is InChI=1S/C56H92O6/c1-4-7-10-13-16-19-22-24-26-27-28-29-31-32-34-37-40-43-46-49-55(58)61-52-53(51-60-54(57)48-45-42-39-36-21-18-15-12-9-6-3)62-56(59)50-47-44-41-38-35-33-30-25-23-20-17-14-11-8-5-2/h8,11,16-17,19-20,24-26,28-30,32,34-35,38,53H,4-7,9-10,12-15,18,21-23,27,31,33,36-37,39-52H2,1-3H3/b11-8-,19-16-,20-17-,26-24-,29-28-,30-25-,34-32-,38-35-/t53-/m1/s1. The maximum Gasteiger partial charge on any atom is 0.306 e. The summed E-state index contributed by atoms with van der Waals surface area (Å²) in [4.78, 5) is 37.9. The highest BCUT2D eigenvalue weighted by molar-refractivity contribution is 5.71. The lowest BCUT2D eigenvalue weighted by Crippen LogP contribution is -2.30. The molecule has 6 nitrogen and oxygen atoms in total. The van der Waals surface area contributed by atoms with Crippen molar-refractivity contribution in [3.63, 3.8) is 0 Å². The number of allylic oxidation sites excluding steroid dienone is 16. The van der Waals surface area contributed by atoms with E-state index < -0.39 is 6.10 Å². The van der Waals surface area contributed by atoms with Crippen molar-refractivity contribution in [1.82, 2.24) is 0 Å². The Morgan fingerprint density at radius 1 is 0.339 bits per heavy atom. The molecule has 0 aliphatic carbocycles. The molecule has 0 saturated heterocycles. The van der Waals surface area contributed by atoms with Crippen LogP contribution in [0.1, 0.15) is 220 Å². The highest BCUT2D eigenvalue weighted by Gasteiger charge is 2.19. The van der Waals surface area contributed by atoms with Gasteiger partial charge in [0.25, 0.3) is 0 Å². The summed E-state index contributed by atoms with van der Waals surface area (Å²) < 4.78 is 16.7. The molecule has 0 aliphatic rings. The smallest absolute Gasteiger partial charge is 0.306 e. The molecule has 0 rings (SSSR count). The zero-order valence-corrected chi connectivity index (χ0v) is 40.1. The van der Waals surface area contributed by atoms with E-state index in [0.29, 0.717) is 19.3 Å². The molecule has 1 atom stereocenters. The van der Waals surface area contributed by atoms with Crippen LogP contribution in [0, 0.1) is 0 Å². The van der Waals surface area contributed by atoms with Gasteiger partial charge in [-0.05, 0) is 103 Å². The Morgan fingerprint density at radius 3 is 1.05 bits per heavy atom. The van der Waals surface area contributed by atoms with Crippen molar-refractivity contribution in [3.8, 4) is 0 Å². The molecule has 0 N–H and O–H groups in total. The lowest BCUT2D eigenvalue weighted by Gasteiger charge is -2.18. The molecule has 62 heavy (non-hydrogen) atoms. The number of carbonyl (C=O) groups excluding carboxylic acids is 3. The average Bonchev–Trinajstić information content (AvgIpc) is 3.27. The Morgan fingerprint density at radius 2 is 0.629 bits per heavy atom. The molecule has 0 fully saturated rings. The summed E-state index contributed by atoms with van der Waals surface area (Å²) in [6, 6.07) is 0. The Hall–Kier alpha value is -3.67. The van der Waals surface area contributed by atoms with Gasteiger partial charge in [0, 0.05) is 19.3 Å². The molecule has 0 amide bonds. The van der Waals surface area contributed by atoms with Crippen molar-refractivity contribution in [2.75, 3.05) is 13.2 Å². The van der Waals surface area contributed by atoms with Crippen LogP contribution in [0.5, 0.6) is 0 Å². The average molecular weight is 861 g/mol. The van der Waals surface area contributed by atoms with Crippen molar-refractivity contribution in [2.24, 2.45) is 0 Å². The third kappa shape index (κ3) is 47.4. The van der Waals surface area contributed by atoms with Crippen LogP contribution in [0.4, 0.5) is 0 Å². The second-order valence-corrected chi connectivity index (χ2v) is 16.3. The van der Waals surface area contributed by atoms with Gasteiger partial charge in [-0.3, -0.25) is 14.4 Å². The lowest BCUT2D eigenvalue weighted by atomic mass is 10.1.